The number of anilines is 1. The van der Waals surface area contributed by atoms with Gasteiger partial charge < -0.3 is 5.32 Å². The first-order valence-corrected chi connectivity index (χ1v) is 9.74. The molecule has 1 N–H and O–H groups in total. The minimum absolute atomic E-state index is 0.00245. The van der Waals surface area contributed by atoms with Crippen molar-refractivity contribution in [3.63, 3.8) is 0 Å². The van der Waals surface area contributed by atoms with E-state index in [2.05, 4.69) is 59.7 Å². The molecular weight excluding hydrogens is 342 g/mol. The molecule has 5 heteroatoms. The Bertz CT molecular complexity index is 924. The second-order valence-corrected chi connectivity index (χ2v) is 7.86. The van der Waals surface area contributed by atoms with Gasteiger partial charge in [-0.2, -0.15) is 0 Å². The van der Waals surface area contributed by atoms with E-state index >= 15 is 0 Å². The molecule has 1 heterocycles. The molecule has 0 bridgehead atoms. The van der Waals surface area contributed by atoms with Crippen LogP contribution in [0.4, 0.5) is 5.13 Å². The summed E-state index contributed by atoms with van der Waals surface area (Å²) in [5.74, 6) is 0.0236. The van der Waals surface area contributed by atoms with Crippen LogP contribution in [-0.2, 0) is 17.6 Å². The number of hydrogen-bond acceptors (Lipinski definition) is 4. The first kappa shape index (κ1) is 16.9. The van der Waals surface area contributed by atoms with Crippen LogP contribution in [0.25, 0.3) is 0 Å². The van der Waals surface area contributed by atoms with Gasteiger partial charge in [0.1, 0.15) is 5.51 Å². The van der Waals surface area contributed by atoms with Gasteiger partial charge in [0.05, 0.1) is 5.41 Å². The van der Waals surface area contributed by atoms with Crippen LogP contribution >= 0.6 is 11.3 Å². The Kier molecular flexibility index (Phi) is 4.32. The number of aryl methyl sites for hydroxylation is 1. The van der Waals surface area contributed by atoms with Crippen molar-refractivity contribution in [2.75, 3.05) is 5.32 Å². The smallest absolute Gasteiger partial charge is 0.233 e. The van der Waals surface area contributed by atoms with E-state index in [-0.39, 0.29) is 11.8 Å². The van der Waals surface area contributed by atoms with E-state index in [0.29, 0.717) is 5.13 Å². The van der Waals surface area contributed by atoms with Gasteiger partial charge in [0.2, 0.25) is 11.0 Å². The Balaban J connectivity index is 1.79. The van der Waals surface area contributed by atoms with Gasteiger partial charge in [-0.3, -0.25) is 4.79 Å². The number of amides is 1. The third-order valence-electron chi connectivity index (χ3n) is 5.36. The molecule has 0 unspecified atom stereocenters. The number of nitrogens with one attached hydrogen (secondary N) is 1. The van der Waals surface area contributed by atoms with Crippen LogP contribution in [0.2, 0.25) is 0 Å². The van der Waals surface area contributed by atoms with Gasteiger partial charge in [0, 0.05) is 5.92 Å². The maximum atomic E-state index is 13.3. The van der Waals surface area contributed by atoms with Crippen LogP contribution in [0.15, 0.2) is 54.0 Å². The molecule has 0 aliphatic heterocycles. The molecule has 3 aromatic rings. The molecule has 0 saturated heterocycles. The zero-order valence-electron chi connectivity index (χ0n) is 14.9. The number of fused-ring (bicyclic) bond motifs is 1. The average Bonchev–Trinajstić information content (AvgIpc) is 3.27. The molecule has 2 atom stereocenters. The number of rotatable bonds is 4. The monoisotopic (exact) mass is 363 g/mol. The standard InChI is InChI=1S/C21H21N3OS/c1-3-14-9-10-16-12-21(2,19(25)23-20-24-22-13-26-20)18(17(16)11-14)15-7-5-4-6-8-15/h4-11,13,18H,3,12H2,1-2H3,(H,23,24,25)/t18-,21+/m1/s1. The Labute approximate surface area is 157 Å². The van der Waals surface area contributed by atoms with Gasteiger partial charge in [0.25, 0.3) is 0 Å². The average molecular weight is 363 g/mol. The minimum atomic E-state index is -0.568. The fourth-order valence-corrected chi connectivity index (χ4v) is 4.45. The zero-order valence-corrected chi connectivity index (χ0v) is 15.7. The number of nitrogens with zero attached hydrogens (tertiary/aromatic N) is 2. The van der Waals surface area contributed by atoms with Crippen molar-refractivity contribution in [2.24, 2.45) is 5.41 Å². The van der Waals surface area contributed by atoms with Crippen molar-refractivity contribution >= 4 is 22.4 Å². The molecule has 0 saturated carbocycles. The molecule has 1 aliphatic rings. The van der Waals surface area contributed by atoms with Crippen molar-refractivity contribution in [3.05, 3.63) is 76.3 Å². The van der Waals surface area contributed by atoms with E-state index in [1.165, 1.54) is 33.6 Å². The molecule has 0 spiro atoms. The summed E-state index contributed by atoms with van der Waals surface area (Å²) in [5.41, 5.74) is 6.06. The van der Waals surface area contributed by atoms with E-state index in [4.69, 9.17) is 0 Å². The molecule has 1 amide bonds. The molecular formula is C21H21N3OS. The predicted molar refractivity (Wildman–Crippen MR) is 104 cm³/mol. The highest BCUT2D eigenvalue weighted by atomic mass is 32.1. The van der Waals surface area contributed by atoms with Crippen molar-refractivity contribution in [1.82, 2.24) is 10.2 Å². The highest BCUT2D eigenvalue weighted by Crippen LogP contribution is 2.51. The second kappa shape index (κ2) is 6.65. The van der Waals surface area contributed by atoms with Gasteiger partial charge >= 0.3 is 0 Å². The van der Waals surface area contributed by atoms with Crippen LogP contribution in [0, 0.1) is 5.41 Å². The van der Waals surface area contributed by atoms with Crippen LogP contribution in [0.1, 0.15) is 42.0 Å². The van der Waals surface area contributed by atoms with E-state index in [1.807, 2.05) is 18.2 Å². The quantitative estimate of drug-likeness (QED) is 0.746. The highest BCUT2D eigenvalue weighted by Gasteiger charge is 2.48. The lowest BCUT2D eigenvalue weighted by molar-refractivity contribution is -0.125. The van der Waals surface area contributed by atoms with E-state index < -0.39 is 5.41 Å². The number of carbonyl (C=O) groups is 1. The summed E-state index contributed by atoms with van der Waals surface area (Å²) < 4.78 is 0. The molecule has 0 fully saturated rings. The topological polar surface area (TPSA) is 54.9 Å². The molecule has 1 aliphatic carbocycles. The van der Waals surface area contributed by atoms with Gasteiger partial charge in [-0.15, -0.1) is 10.2 Å². The zero-order chi connectivity index (χ0) is 18.1. The Hall–Kier alpha value is -2.53. The number of aromatic nitrogens is 2. The lowest BCUT2D eigenvalue weighted by Crippen LogP contribution is -2.37. The summed E-state index contributed by atoms with van der Waals surface area (Å²) in [5, 5.41) is 11.3. The molecule has 0 radical (unpaired) electrons. The molecule has 2 aromatic carbocycles. The summed E-state index contributed by atoms with van der Waals surface area (Å²) in [6, 6.07) is 17.0. The minimum Gasteiger partial charge on any atom is -0.300 e. The summed E-state index contributed by atoms with van der Waals surface area (Å²) in [4.78, 5) is 13.3. The first-order chi connectivity index (χ1) is 12.6. The lowest BCUT2D eigenvalue weighted by atomic mass is 9.73. The highest BCUT2D eigenvalue weighted by molar-refractivity contribution is 7.13. The molecule has 132 valence electrons. The summed E-state index contributed by atoms with van der Waals surface area (Å²) in [7, 11) is 0. The maximum absolute atomic E-state index is 13.3. The molecule has 26 heavy (non-hydrogen) atoms. The summed E-state index contributed by atoms with van der Waals surface area (Å²) >= 11 is 1.34. The summed E-state index contributed by atoms with van der Waals surface area (Å²) in [6.07, 6.45) is 1.71. The third kappa shape index (κ3) is 2.82. The van der Waals surface area contributed by atoms with Gasteiger partial charge in [0.15, 0.2) is 0 Å². The molecule has 4 nitrogen and oxygen atoms in total. The van der Waals surface area contributed by atoms with Crippen LogP contribution in [0.5, 0.6) is 0 Å². The lowest BCUT2D eigenvalue weighted by Gasteiger charge is -2.31. The maximum Gasteiger partial charge on any atom is 0.233 e. The van der Waals surface area contributed by atoms with E-state index in [1.54, 1.807) is 5.51 Å². The van der Waals surface area contributed by atoms with Gasteiger partial charge in [-0.25, -0.2) is 0 Å². The van der Waals surface area contributed by atoms with Crippen LogP contribution in [-0.4, -0.2) is 16.1 Å². The fourth-order valence-electron chi connectivity index (χ4n) is 4.01. The van der Waals surface area contributed by atoms with Crippen LogP contribution in [0.3, 0.4) is 0 Å². The predicted octanol–water partition coefficient (Wildman–Crippen LogP) is 4.43. The Morgan fingerprint density at radius 1 is 1.27 bits per heavy atom. The SMILES string of the molecule is CCc1ccc2c(c1)[C@@H](c1ccccc1)[C@@](C)(C(=O)Nc1nncs1)C2. The normalized spacial score (nSPS) is 21.4. The number of benzene rings is 2. The number of carbonyl (C=O) groups excluding carboxylic acids is 1. The third-order valence-corrected chi connectivity index (χ3v) is 5.96. The fraction of sp³-hybridized carbons (Fsp3) is 0.286. The molecule has 1 aromatic heterocycles. The first-order valence-electron chi connectivity index (χ1n) is 8.86. The number of hydrogen-bond donors (Lipinski definition) is 1. The van der Waals surface area contributed by atoms with E-state index in [9.17, 15) is 4.79 Å². The van der Waals surface area contributed by atoms with Crippen molar-refractivity contribution in [2.45, 2.75) is 32.6 Å². The van der Waals surface area contributed by atoms with Gasteiger partial charge in [-0.1, -0.05) is 66.8 Å². The van der Waals surface area contributed by atoms with Crippen molar-refractivity contribution in [3.8, 4) is 0 Å². The Morgan fingerprint density at radius 3 is 2.77 bits per heavy atom. The summed E-state index contributed by atoms with van der Waals surface area (Å²) in [6.45, 7) is 4.22. The van der Waals surface area contributed by atoms with Crippen LogP contribution < -0.4 is 5.32 Å². The van der Waals surface area contributed by atoms with Gasteiger partial charge in [-0.05, 0) is 42.0 Å². The van der Waals surface area contributed by atoms with Crippen molar-refractivity contribution in [1.29, 1.82) is 0 Å². The van der Waals surface area contributed by atoms with E-state index in [0.717, 1.165) is 12.8 Å². The molecule has 4 rings (SSSR count). The second-order valence-electron chi connectivity index (χ2n) is 7.02. The largest absolute Gasteiger partial charge is 0.300 e. The Morgan fingerprint density at radius 2 is 2.08 bits per heavy atom. The van der Waals surface area contributed by atoms with Crippen molar-refractivity contribution < 1.29 is 4.79 Å².